The van der Waals surface area contributed by atoms with Crippen LogP contribution in [0.4, 0.5) is 0 Å². The summed E-state index contributed by atoms with van der Waals surface area (Å²) < 4.78 is 2.26. The molecule has 0 aliphatic heterocycles. The average Bonchev–Trinajstić information content (AvgIpc) is 2.87. The monoisotopic (exact) mass is 350 g/mol. The Balaban J connectivity index is 1.76. The number of rotatable bonds is 8. The van der Waals surface area contributed by atoms with E-state index in [0.29, 0.717) is 11.3 Å². The van der Waals surface area contributed by atoms with Crippen LogP contribution in [0.3, 0.4) is 0 Å². The van der Waals surface area contributed by atoms with Crippen LogP contribution < -0.4 is 5.32 Å². The van der Waals surface area contributed by atoms with Gasteiger partial charge in [0.2, 0.25) is 5.91 Å². The molecule has 0 atom stereocenters. The van der Waals surface area contributed by atoms with Gasteiger partial charge in [-0.15, -0.1) is 11.8 Å². The van der Waals surface area contributed by atoms with Crippen LogP contribution >= 0.6 is 24.0 Å². The van der Waals surface area contributed by atoms with Gasteiger partial charge in [-0.2, -0.15) is 5.10 Å². The van der Waals surface area contributed by atoms with Crippen molar-refractivity contribution in [1.82, 2.24) is 20.1 Å². The molecule has 0 aliphatic carbocycles. The first-order valence-electron chi connectivity index (χ1n) is 7.70. The van der Waals surface area contributed by atoms with E-state index in [1.807, 2.05) is 0 Å². The standard InChI is InChI=1S/C16H22N4OS2/c1-3-4-14-18-19-16(22)20(14)11-15(21)17-9-10-23-13-7-5-12(2)6-8-13/h5-8H,3-4,9-11H2,1-2H3,(H,17,21)(H,19,22). The fourth-order valence-electron chi connectivity index (χ4n) is 2.12. The molecule has 0 bridgehead atoms. The highest BCUT2D eigenvalue weighted by Gasteiger charge is 2.09. The van der Waals surface area contributed by atoms with Gasteiger partial charge in [-0.1, -0.05) is 24.6 Å². The number of thioether (sulfide) groups is 1. The van der Waals surface area contributed by atoms with Crippen LogP contribution in [-0.4, -0.2) is 33.0 Å². The lowest BCUT2D eigenvalue weighted by Crippen LogP contribution is -2.30. The van der Waals surface area contributed by atoms with Crippen LogP contribution in [0.2, 0.25) is 0 Å². The first-order chi connectivity index (χ1) is 11.1. The summed E-state index contributed by atoms with van der Waals surface area (Å²) in [6, 6.07) is 8.39. The topological polar surface area (TPSA) is 62.7 Å². The van der Waals surface area contributed by atoms with Gasteiger partial charge in [-0.3, -0.25) is 14.5 Å². The number of aromatic amines is 1. The lowest BCUT2D eigenvalue weighted by atomic mass is 10.2. The van der Waals surface area contributed by atoms with Crippen molar-refractivity contribution in [2.24, 2.45) is 0 Å². The third-order valence-electron chi connectivity index (χ3n) is 3.33. The average molecular weight is 351 g/mol. The summed E-state index contributed by atoms with van der Waals surface area (Å²) in [4.78, 5) is 13.3. The highest BCUT2D eigenvalue weighted by Crippen LogP contribution is 2.17. The lowest BCUT2D eigenvalue weighted by molar-refractivity contribution is -0.121. The summed E-state index contributed by atoms with van der Waals surface area (Å²) in [6.07, 6.45) is 1.78. The molecule has 5 nitrogen and oxygen atoms in total. The summed E-state index contributed by atoms with van der Waals surface area (Å²) in [5, 5.41) is 9.85. The normalized spacial score (nSPS) is 10.7. The van der Waals surface area contributed by atoms with E-state index in [2.05, 4.69) is 53.6 Å². The quantitative estimate of drug-likeness (QED) is 0.436. The molecule has 2 aromatic rings. The smallest absolute Gasteiger partial charge is 0.240 e. The van der Waals surface area contributed by atoms with E-state index in [1.165, 1.54) is 10.5 Å². The van der Waals surface area contributed by atoms with Crippen molar-refractivity contribution in [2.75, 3.05) is 12.3 Å². The minimum absolute atomic E-state index is 0.0376. The van der Waals surface area contributed by atoms with Crippen molar-refractivity contribution in [3.05, 3.63) is 40.4 Å². The third kappa shape index (κ3) is 5.51. The number of hydrogen-bond acceptors (Lipinski definition) is 4. The SMILES string of the molecule is CCCc1n[nH]c(=S)n1CC(=O)NCCSc1ccc(C)cc1. The van der Waals surface area contributed by atoms with Gasteiger partial charge >= 0.3 is 0 Å². The third-order valence-corrected chi connectivity index (χ3v) is 4.65. The molecule has 0 saturated carbocycles. The fourth-order valence-corrected chi connectivity index (χ4v) is 3.11. The zero-order valence-corrected chi connectivity index (χ0v) is 15.1. The Morgan fingerprint density at radius 1 is 1.39 bits per heavy atom. The van der Waals surface area contributed by atoms with Crippen molar-refractivity contribution in [1.29, 1.82) is 0 Å². The number of H-pyrrole nitrogens is 1. The van der Waals surface area contributed by atoms with E-state index < -0.39 is 0 Å². The molecule has 1 aromatic heterocycles. The highest BCUT2D eigenvalue weighted by molar-refractivity contribution is 7.99. The Bertz CT molecular complexity index is 691. The van der Waals surface area contributed by atoms with E-state index in [0.717, 1.165) is 24.4 Å². The van der Waals surface area contributed by atoms with Crippen molar-refractivity contribution in [3.8, 4) is 0 Å². The molecule has 0 unspecified atom stereocenters. The Labute approximate surface area is 145 Å². The lowest BCUT2D eigenvalue weighted by Gasteiger charge is -2.08. The van der Waals surface area contributed by atoms with Gasteiger partial charge in [0.15, 0.2) is 4.77 Å². The van der Waals surface area contributed by atoms with Gasteiger partial charge in [-0.25, -0.2) is 0 Å². The number of carbonyl (C=O) groups excluding carboxylic acids is 1. The number of benzene rings is 1. The second-order valence-corrected chi connectivity index (χ2v) is 6.85. The van der Waals surface area contributed by atoms with Gasteiger partial charge in [0.25, 0.3) is 0 Å². The Morgan fingerprint density at radius 3 is 2.83 bits per heavy atom. The first kappa shape index (κ1) is 17.7. The second kappa shape index (κ2) is 8.88. The van der Waals surface area contributed by atoms with Crippen LogP contribution in [0.5, 0.6) is 0 Å². The maximum Gasteiger partial charge on any atom is 0.240 e. The predicted octanol–water partition coefficient (Wildman–Crippen LogP) is 3.11. The molecule has 1 amide bonds. The van der Waals surface area contributed by atoms with Crippen molar-refractivity contribution in [3.63, 3.8) is 0 Å². The summed E-state index contributed by atoms with van der Waals surface area (Å²) >= 11 is 6.91. The molecule has 0 saturated heterocycles. The molecule has 23 heavy (non-hydrogen) atoms. The summed E-state index contributed by atoms with van der Waals surface area (Å²) in [7, 11) is 0. The van der Waals surface area contributed by atoms with Gasteiger partial charge in [0.05, 0.1) is 0 Å². The molecule has 0 radical (unpaired) electrons. The molecule has 2 N–H and O–H groups in total. The molecule has 1 aromatic carbocycles. The van der Waals surface area contributed by atoms with Crippen LogP contribution in [0.1, 0.15) is 24.7 Å². The molecule has 1 heterocycles. The van der Waals surface area contributed by atoms with E-state index in [9.17, 15) is 4.79 Å². The number of hydrogen-bond donors (Lipinski definition) is 2. The Morgan fingerprint density at radius 2 is 2.13 bits per heavy atom. The van der Waals surface area contributed by atoms with Gasteiger partial charge in [-0.05, 0) is 37.7 Å². The molecule has 0 fully saturated rings. The van der Waals surface area contributed by atoms with Crippen LogP contribution in [-0.2, 0) is 17.8 Å². The van der Waals surface area contributed by atoms with Crippen molar-refractivity contribution in [2.45, 2.75) is 38.1 Å². The van der Waals surface area contributed by atoms with Crippen molar-refractivity contribution >= 4 is 29.9 Å². The van der Waals surface area contributed by atoms with Crippen molar-refractivity contribution < 1.29 is 4.79 Å². The number of amides is 1. The molecular weight excluding hydrogens is 328 g/mol. The maximum atomic E-state index is 12.0. The number of nitrogens with one attached hydrogen (secondary N) is 2. The molecule has 7 heteroatoms. The largest absolute Gasteiger partial charge is 0.354 e. The Kier molecular flexibility index (Phi) is 6.85. The molecule has 2 rings (SSSR count). The molecule has 0 spiro atoms. The second-order valence-electron chi connectivity index (χ2n) is 5.29. The fraction of sp³-hybridized carbons (Fsp3) is 0.438. The van der Waals surface area contributed by atoms with E-state index in [1.54, 1.807) is 16.3 Å². The van der Waals surface area contributed by atoms with E-state index in [4.69, 9.17) is 12.2 Å². The zero-order chi connectivity index (χ0) is 16.7. The van der Waals surface area contributed by atoms with Crippen LogP contribution in [0.25, 0.3) is 0 Å². The molecule has 0 aliphatic rings. The number of aromatic nitrogens is 3. The minimum Gasteiger partial charge on any atom is -0.354 e. The number of carbonyl (C=O) groups is 1. The summed E-state index contributed by atoms with van der Waals surface area (Å²) in [5.41, 5.74) is 1.25. The first-order valence-corrected chi connectivity index (χ1v) is 9.09. The molecular formula is C16H22N4OS2. The zero-order valence-electron chi connectivity index (χ0n) is 13.5. The molecule has 124 valence electrons. The van der Waals surface area contributed by atoms with Gasteiger partial charge < -0.3 is 5.32 Å². The predicted molar refractivity (Wildman–Crippen MR) is 96.3 cm³/mol. The van der Waals surface area contributed by atoms with Gasteiger partial charge in [0.1, 0.15) is 12.4 Å². The Hall–Kier alpha value is -1.60. The van der Waals surface area contributed by atoms with E-state index in [-0.39, 0.29) is 12.5 Å². The van der Waals surface area contributed by atoms with Gasteiger partial charge in [0, 0.05) is 23.6 Å². The summed E-state index contributed by atoms with van der Waals surface area (Å²) in [6.45, 7) is 5.00. The van der Waals surface area contributed by atoms with E-state index >= 15 is 0 Å². The number of aryl methyl sites for hydroxylation is 2. The number of nitrogens with zero attached hydrogens (tertiary/aromatic N) is 2. The van der Waals surface area contributed by atoms with Crippen LogP contribution in [0.15, 0.2) is 29.2 Å². The summed E-state index contributed by atoms with van der Waals surface area (Å²) in [5.74, 6) is 1.64. The maximum absolute atomic E-state index is 12.0. The highest BCUT2D eigenvalue weighted by atomic mass is 32.2. The minimum atomic E-state index is -0.0376. The van der Waals surface area contributed by atoms with Crippen LogP contribution in [0, 0.1) is 11.7 Å².